The van der Waals surface area contributed by atoms with E-state index in [-0.39, 0.29) is 12.1 Å². The number of fused-ring (bicyclic) bond motifs is 1. The van der Waals surface area contributed by atoms with Gasteiger partial charge in [-0.15, -0.1) is 0 Å². The number of hydrogen-bond donors (Lipinski definition) is 1. The molecule has 4 rings (SSSR count). The molecule has 3 aromatic rings. The second-order valence-electron chi connectivity index (χ2n) is 5.76. The SMILES string of the molecule is COc1ccc([C@H]2OCC[C@@H]2NCc2cnc3cnccn23)cn1. The standard InChI is InChI=1S/C17H19N5O2/c1-23-16-3-2-12(8-21-16)17-14(4-7-24-17)19-9-13-10-20-15-11-18-5-6-22(13)15/h2-3,5-6,8,10-11,14,17,19H,4,7,9H2,1H3/t14-,17+/m0/s1. The summed E-state index contributed by atoms with van der Waals surface area (Å²) in [5.74, 6) is 0.612. The molecule has 3 aromatic heterocycles. The summed E-state index contributed by atoms with van der Waals surface area (Å²) in [6, 6.07) is 4.12. The largest absolute Gasteiger partial charge is 0.481 e. The number of aromatic nitrogens is 4. The third kappa shape index (κ3) is 2.83. The van der Waals surface area contributed by atoms with Gasteiger partial charge in [0.2, 0.25) is 5.88 Å². The van der Waals surface area contributed by atoms with E-state index in [4.69, 9.17) is 9.47 Å². The molecule has 24 heavy (non-hydrogen) atoms. The highest BCUT2D eigenvalue weighted by Crippen LogP contribution is 2.29. The average molecular weight is 325 g/mol. The fourth-order valence-electron chi connectivity index (χ4n) is 3.07. The smallest absolute Gasteiger partial charge is 0.212 e. The highest BCUT2D eigenvalue weighted by atomic mass is 16.5. The Bertz CT molecular complexity index is 817. The van der Waals surface area contributed by atoms with Gasteiger partial charge in [0.1, 0.15) is 0 Å². The van der Waals surface area contributed by atoms with Gasteiger partial charge in [-0.25, -0.2) is 9.97 Å². The second-order valence-corrected chi connectivity index (χ2v) is 5.76. The van der Waals surface area contributed by atoms with Crippen LogP contribution in [0.2, 0.25) is 0 Å². The predicted molar refractivity (Wildman–Crippen MR) is 87.7 cm³/mol. The van der Waals surface area contributed by atoms with Gasteiger partial charge in [-0.1, -0.05) is 0 Å². The predicted octanol–water partition coefficient (Wildman–Crippen LogP) is 1.75. The Hall–Kier alpha value is -2.51. The van der Waals surface area contributed by atoms with E-state index in [0.29, 0.717) is 5.88 Å². The van der Waals surface area contributed by atoms with Crippen LogP contribution in [-0.2, 0) is 11.3 Å². The summed E-state index contributed by atoms with van der Waals surface area (Å²) < 4.78 is 13.1. The third-order valence-corrected chi connectivity index (χ3v) is 4.33. The normalized spacial score (nSPS) is 20.5. The maximum atomic E-state index is 5.91. The van der Waals surface area contributed by atoms with Gasteiger partial charge < -0.3 is 14.8 Å². The van der Waals surface area contributed by atoms with Gasteiger partial charge in [0.15, 0.2) is 5.65 Å². The number of hydrogen-bond acceptors (Lipinski definition) is 6. The van der Waals surface area contributed by atoms with Gasteiger partial charge in [-0.05, 0) is 12.5 Å². The van der Waals surface area contributed by atoms with Crippen molar-refractivity contribution in [3.05, 3.63) is 54.4 Å². The average Bonchev–Trinajstić information content (AvgIpc) is 3.27. The van der Waals surface area contributed by atoms with Gasteiger partial charge in [-0.3, -0.25) is 9.38 Å². The number of nitrogens with one attached hydrogen (secondary N) is 1. The van der Waals surface area contributed by atoms with E-state index in [1.165, 1.54) is 0 Å². The lowest BCUT2D eigenvalue weighted by atomic mass is 10.0. The van der Waals surface area contributed by atoms with Crippen molar-refractivity contribution in [3.63, 3.8) is 0 Å². The molecule has 2 atom stereocenters. The summed E-state index contributed by atoms with van der Waals surface area (Å²) in [5, 5.41) is 3.59. The Morgan fingerprint density at radius 1 is 1.29 bits per heavy atom. The second kappa shape index (κ2) is 6.54. The first-order chi connectivity index (χ1) is 11.8. The van der Waals surface area contributed by atoms with E-state index >= 15 is 0 Å². The van der Waals surface area contributed by atoms with Gasteiger partial charge in [0.25, 0.3) is 0 Å². The van der Waals surface area contributed by atoms with Crippen LogP contribution in [0.3, 0.4) is 0 Å². The summed E-state index contributed by atoms with van der Waals surface area (Å²) in [6.07, 6.45) is 10.1. The molecule has 124 valence electrons. The fraction of sp³-hybridized carbons (Fsp3) is 0.353. The highest BCUT2D eigenvalue weighted by Gasteiger charge is 2.29. The molecular weight excluding hydrogens is 306 g/mol. The van der Waals surface area contributed by atoms with Crippen LogP contribution in [0.25, 0.3) is 5.65 Å². The Labute approximate surface area is 139 Å². The van der Waals surface area contributed by atoms with Crippen LogP contribution in [0.5, 0.6) is 5.88 Å². The third-order valence-electron chi connectivity index (χ3n) is 4.33. The summed E-state index contributed by atoms with van der Waals surface area (Å²) in [5.41, 5.74) is 3.02. The molecule has 0 amide bonds. The lowest BCUT2D eigenvalue weighted by molar-refractivity contribution is 0.0980. The Balaban J connectivity index is 1.47. The number of methoxy groups -OCH3 is 1. The molecule has 1 fully saturated rings. The molecular formula is C17H19N5O2. The number of pyridine rings is 1. The van der Waals surface area contributed by atoms with E-state index in [9.17, 15) is 0 Å². The summed E-state index contributed by atoms with van der Waals surface area (Å²) in [7, 11) is 1.61. The van der Waals surface area contributed by atoms with Gasteiger partial charge in [0, 0.05) is 49.4 Å². The van der Waals surface area contributed by atoms with Gasteiger partial charge in [0.05, 0.1) is 31.3 Å². The zero-order valence-electron chi connectivity index (χ0n) is 13.4. The molecule has 1 aliphatic rings. The van der Waals surface area contributed by atoms with Gasteiger partial charge in [-0.2, -0.15) is 0 Å². The van der Waals surface area contributed by atoms with E-state index in [1.54, 1.807) is 19.5 Å². The molecule has 0 radical (unpaired) electrons. The van der Waals surface area contributed by atoms with Crippen molar-refractivity contribution in [2.24, 2.45) is 0 Å². The van der Waals surface area contributed by atoms with Crippen molar-refractivity contribution in [1.29, 1.82) is 0 Å². The van der Waals surface area contributed by atoms with Crippen LogP contribution >= 0.6 is 0 Å². The molecule has 0 aromatic carbocycles. The minimum atomic E-state index is 0.00394. The first kappa shape index (κ1) is 15.0. The fourth-order valence-corrected chi connectivity index (χ4v) is 3.07. The monoisotopic (exact) mass is 325 g/mol. The first-order valence-electron chi connectivity index (χ1n) is 7.96. The molecule has 4 heterocycles. The van der Waals surface area contributed by atoms with Crippen molar-refractivity contribution < 1.29 is 9.47 Å². The maximum absolute atomic E-state index is 5.91. The lowest BCUT2D eigenvalue weighted by Gasteiger charge is -2.20. The quantitative estimate of drug-likeness (QED) is 0.770. The van der Waals surface area contributed by atoms with Crippen LogP contribution in [0.15, 0.2) is 43.1 Å². The molecule has 1 saturated heterocycles. The molecule has 0 spiro atoms. The Morgan fingerprint density at radius 3 is 3.08 bits per heavy atom. The minimum Gasteiger partial charge on any atom is -0.481 e. The van der Waals surface area contributed by atoms with Gasteiger partial charge >= 0.3 is 0 Å². The molecule has 7 heteroatoms. The number of imidazole rings is 1. The summed E-state index contributed by atoms with van der Waals surface area (Å²) in [6.45, 7) is 1.46. The van der Waals surface area contributed by atoms with Crippen LogP contribution in [0.4, 0.5) is 0 Å². The van der Waals surface area contributed by atoms with Crippen LogP contribution in [-0.4, -0.2) is 39.1 Å². The first-order valence-corrected chi connectivity index (χ1v) is 7.96. The zero-order chi connectivity index (χ0) is 16.4. The number of ether oxygens (including phenoxy) is 2. The summed E-state index contributed by atoms with van der Waals surface area (Å²) >= 11 is 0. The van der Waals surface area contributed by atoms with E-state index < -0.39 is 0 Å². The zero-order valence-corrected chi connectivity index (χ0v) is 13.4. The Morgan fingerprint density at radius 2 is 2.25 bits per heavy atom. The molecule has 1 N–H and O–H groups in total. The van der Waals surface area contributed by atoms with Crippen LogP contribution < -0.4 is 10.1 Å². The molecule has 1 aliphatic heterocycles. The van der Waals surface area contributed by atoms with E-state index in [0.717, 1.165) is 36.5 Å². The molecule has 7 nitrogen and oxygen atoms in total. The minimum absolute atomic E-state index is 0.00394. The van der Waals surface area contributed by atoms with Crippen LogP contribution in [0, 0.1) is 0 Å². The van der Waals surface area contributed by atoms with Crippen molar-refractivity contribution >= 4 is 5.65 Å². The van der Waals surface area contributed by atoms with Crippen molar-refractivity contribution in [2.75, 3.05) is 13.7 Å². The maximum Gasteiger partial charge on any atom is 0.212 e. The Kier molecular flexibility index (Phi) is 4.10. The van der Waals surface area contributed by atoms with Crippen molar-refractivity contribution in [2.45, 2.75) is 25.1 Å². The molecule has 0 aliphatic carbocycles. The van der Waals surface area contributed by atoms with E-state index in [2.05, 4.69) is 20.3 Å². The lowest BCUT2D eigenvalue weighted by Crippen LogP contribution is -2.31. The summed E-state index contributed by atoms with van der Waals surface area (Å²) in [4.78, 5) is 12.7. The molecule has 0 saturated carbocycles. The topological polar surface area (TPSA) is 73.6 Å². The van der Waals surface area contributed by atoms with E-state index in [1.807, 2.05) is 35.1 Å². The van der Waals surface area contributed by atoms with Crippen LogP contribution in [0.1, 0.15) is 23.8 Å². The highest BCUT2D eigenvalue weighted by molar-refractivity contribution is 5.36. The van der Waals surface area contributed by atoms with Crippen molar-refractivity contribution in [3.8, 4) is 5.88 Å². The number of rotatable bonds is 5. The van der Waals surface area contributed by atoms with Crippen molar-refractivity contribution in [1.82, 2.24) is 24.7 Å². The molecule has 0 bridgehead atoms. The number of nitrogens with zero attached hydrogens (tertiary/aromatic N) is 4. The molecule has 0 unspecified atom stereocenters.